The first-order valence-electron chi connectivity index (χ1n) is 7.48. The van der Waals surface area contributed by atoms with Crippen LogP contribution >= 0.6 is 0 Å². The van der Waals surface area contributed by atoms with Crippen LogP contribution in [-0.2, 0) is 18.1 Å². The molecule has 0 amide bonds. The van der Waals surface area contributed by atoms with E-state index in [1.807, 2.05) is 19.0 Å². The number of unbranched alkanes of at least 4 members (excludes halogenated alkanes) is 1. The Kier molecular flexibility index (Phi) is 14.9. The number of carboxylic acid groups (broad SMARTS) is 1. The van der Waals surface area contributed by atoms with Gasteiger partial charge in [0.1, 0.15) is 0 Å². The Hall–Kier alpha value is -0.733. The number of aliphatic carboxylic acids is 1. The Labute approximate surface area is 136 Å². The quantitative estimate of drug-likeness (QED) is 0.489. The van der Waals surface area contributed by atoms with Crippen molar-refractivity contribution >= 4 is 14.8 Å². The number of carboxylic acids is 1. The van der Waals surface area contributed by atoms with Gasteiger partial charge >= 0.3 is 14.8 Å². The van der Waals surface area contributed by atoms with Gasteiger partial charge in [0.15, 0.2) is 0 Å². The summed E-state index contributed by atoms with van der Waals surface area (Å²) in [6.07, 6.45) is 4.78. The van der Waals surface area contributed by atoms with Crippen LogP contribution in [-0.4, -0.2) is 66.7 Å². The predicted molar refractivity (Wildman–Crippen MR) is 91.1 cm³/mol. The number of nitrogens with zero attached hydrogens (tertiary/aromatic N) is 1. The van der Waals surface area contributed by atoms with Crippen LogP contribution in [0.15, 0.2) is 11.6 Å². The van der Waals surface area contributed by atoms with Gasteiger partial charge in [0.05, 0.1) is 0 Å². The van der Waals surface area contributed by atoms with Crippen molar-refractivity contribution in [1.29, 1.82) is 0 Å². The highest BCUT2D eigenvalue weighted by Gasteiger charge is 2.36. The SMILES string of the molecule is CC(=CCCN(C)C)C(=O)O.CCCC[Si](OC)(OC)OC. The van der Waals surface area contributed by atoms with Crippen molar-refractivity contribution in [2.24, 2.45) is 0 Å². The molecule has 0 atom stereocenters. The summed E-state index contributed by atoms with van der Waals surface area (Å²) in [5.74, 6) is -0.830. The molecule has 0 saturated carbocycles. The van der Waals surface area contributed by atoms with Gasteiger partial charge in [-0.25, -0.2) is 4.79 Å². The van der Waals surface area contributed by atoms with Crippen LogP contribution in [0.3, 0.4) is 0 Å². The zero-order valence-electron chi connectivity index (χ0n) is 15.1. The largest absolute Gasteiger partial charge is 0.500 e. The molecule has 0 aliphatic rings. The summed E-state index contributed by atoms with van der Waals surface area (Å²) >= 11 is 0. The van der Waals surface area contributed by atoms with Gasteiger partial charge in [-0.05, 0) is 33.9 Å². The topological polar surface area (TPSA) is 68.2 Å². The van der Waals surface area contributed by atoms with E-state index in [9.17, 15) is 4.79 Å². The molecule has 0 aromatic rings. The van der Waals surface area contributed by atoms with Crippen LogP contribution in [0.25, 0.3) is 0 Å². The third kappa shape index (κ3) is 11.9. The summed E-state index contributed by atoms with van der Waals surface area (Å²) in [5, 5.41) is 8.47. The first-order valence-corrected chi connectivity index (χ1v) is 9.41. The molecule has 0 bridgehead atoms. The van der Waals surface area contributed by atoms with Crippen molar-refractivity contribution in [3.63, 3.8) is 0 Å². The van der Waals surface area contributed by atoms with E-state index in [0.717, 1.165) is 31.9 Å². The zero-order valence-corrected chi connectivity index (χ0v) is 16.1. The first kappa shape index (κ1) is 23.5. The third-order valence-electron chi connectivity index (χ3n) is 3.13. The predicted octanol–water partition coefficient (Wildman–Crippen LogP) is 2.63. The summed E-state index contributed by atoms with van der Waals surface area (Å²) in [7, 11) is 6.63. The number of rotatable bonds is 10. The fraction of sp³-hybridized carbons (Fsp3) is 0.800. The maximum absolute atomic E-state index is 10.3. The van der Waals surface area contributed by atoms with Gasteiger partial charge in [0.2, 0.25) is 0 Å². The van der Waals surface area contributed by atoms with Gasteiger partial charge in [-0.3, -0.25) is 0 Å². The van der Waals surface area contributed by atoms with Crippen molar-refractivity contribution in [2.45, 2.75) is 39.2 Å². The minimum atomic E-state index is -2.24. The van der Waals surface area contributed by atoms with Gasteiger partial charge in [-0.1, -0.05) is 19.4 Å². The summed E-state index contributed by atoms with van der Waals surface area (Å²) in [4.78, 5) is 12.3. The van der Waals surface area contributed by atoms with E-state index < -0.39 is 14.8 Å². The highest BCUT2D eigenvalue weighted by Crippen LogP contribution is 2.15. The molecule has 0 saturated heterocycles. The van der Waals surface area contributed by atoms with Crippen molar-refractivity contribution in [2.75, 3.05) is 42.0 Å². The van der Waals surface area contributed by atoms with Crippen LogP contribution in [0, 0.1) is 0 Å². The molecule has 6 nitrogen and oxygen atoms in total. The molecule has 0 aliphatic carbocycles. The lowest BCUT2D eigenvalue weighted by atomic mass is 10.2. The summed E-state index contributed by atoms with van der Waals surface area (Å²) in [6.45, 7) is 4.64. The van der Waals surface area contributed by atoms with Crippen LogP contribution in [0.4, 0.5) is 0 Å². The molecule has 7 heteroatoms. The van der Waals surface area contributed by atoms with Crippen LogP contribution in [0.1, 0.15) is 33.1 Å². The lowest BCUT2D eigenvalue weighted by Gasteiger charge is -2.23. The summed E-state index contributed by atoms with van der Waals surface area (Å²) < 4.78 is 15.7. The third-order valence-corrected chi connectivity index (χ3v) is 5.97. The van der Waals surface area contributed by atoms with Crippen molar-refractivity contribution in [1.82, 2.24) is 4.90 Å². The Balaban J connectivity index is 0. The fourth-order valence-corrected chi connectivity index (χ4v) is 3.47. The van der Waals surface area contributed by atoms with E-state index in [0.29, 0.717) is 5.57 Å². The molecule has 0 heterocycles. The Bertz CT molecular complexity index is 309. The summed E-state index contributed by atoms with van der Waals surface area (Å²) in [5.41, 5.74) is 0.423. The minimum Gasteiger partial charge on any atom is -0.478 e. The Morgan fingerprint density at radius 3 is 2.00 bits per heavy atom. The van der Waals surface area contributed by atoms with Crippen molar-refractivity contribution in [3.8, 4) is 0 Å². The van der Waals surface area contributed by atoms with Crippen LogP contribution in [0.2, 0.25) is 6.04 Å². The number of carbonyl (C=O) groups is 1. The van der Waals surface area contributed by atoms with Gasteiger partial charge in [0.25, 0.3) is 0 Å². The molecule has 0 unspecified atom stereocenters. The second-order valence-electron chi connectivity index (χ2n) is 5.18. The fourth-order valence-electron chi connectivity index (χ4n) is 1.58. The van der Waals surface area contributed by atoms with E-state index in [-0.39, 0.29) is 0 Å². The second kappa shape index (κ2) is 13.9. The molecule has 0 aromatic heterocycles. The van der Waals surface area contributed by atoms with E-state index >= 15 is 0 Å². The maximum atomic E-state index is 10.3. The first-order chi connectivity index (χ1) is 10.3. The highest BCUT2D eigenvalue weighted by molar-refractivity contribution is 6.60. The molecule has 0 aromatic carbocycles. The normalized spacial score (nSPS) is 12.1. The maximum Gasteiger partial charge on any atom is 0.500 e. The summed E-state index contributed by atoms with van der Waals surface area (Å²) in [6, 6.07) is 0.910. The van der Waals surface area contributed by atoms with E-state index in [1.54, 1.807) is 34.3 Å². The lowest BCUT2D eigenvalue weighted by Crippen LogP contribution is -2.42. The molecule has 0 rings (SSSR count). The van der Waals surface area contributed by atoms with E-state index in [2.05, 4.69) is 6.92 Å². The Morgan fingerprint density at radius 2 is 1.68 bits per heavy atom. The van der Waals surface area contributed by atoms with E-state index in [1.165, 1.54) is 0 Å². The molecule has 132 valence electrons. The van der Waals surface area contributed by atoms with Crippen LogP contribution < -0.4 is 0 Å². The van der Waals surface area contributed by atoms with Crippen molar-refractivity contribution < 1.29 is 23.2 Å². The molecule has 0 aliphatic heterocycles. The molecule has 0 fully saturated rings. The molecule has 0 radical (unpaired) electrons. The van der Waals surface area contributed by atoms with E-state index in [4.69, 9.17) is 18.4 Å². The highest BCUT2D eigenvalue weighted by atomic mass is 28.4. The molecule has 22 heavy (non-hydrogen) atoms. The Morgan fingerprint density at radius 1 is 1.18 bits per heavy atom. The van der Waals surface area contributed by atoms with Crippen molar-refractivity contribution in [3.05, 3.63) is 11.6 Å². The molecule has 1 N–H and O–H groups in total. The second-order valence-corrected chi connectivity index (χ2v) is 8.27. The standard InChI is InChI=1S/C8H15NO2.C7H18O3Si/c1-7(8(10)11)5-4-6-9(2)3;1-5-6-7-11(8-2,9-3)10-4/h5H,4,6H2,1-3H3,(H,10,11);5-7H2,1-4H3. The monoisotopic (exact) mass is 335 g/mol. The smallest absolute Gasteiger partial charge is 0.478 e. The molecular weight excluding hydrogens is 302 g/mol. The lowest BCUT2D eigenvalue weighted by molar-refractivity contribution is -0.132. The number of hydrogen-bond donors (Lipinski definition) is 1. The van der Waals surface area contributed by atoms with Gasteiger partial charge < -0.3 is 23.3 Å². The van der Waals surface area contributed by atoms with Gasteiger partial charge in [0, 0.05) is 39.5 Å². The van der Waals surface area contributed by atoms with Gasteiger partial charge in [-0.15, -0.1) is 0 Å². The van der Waals surface area contributed by atoms with Crippen LogP contribution in [0.5, 0.6) is 0 Å². The average Bonchev–Trinajstić information content (AvgIpc) is 2.49. The van der Waals surface area contributed by atoms with Gasteiger partial charge in [-0.2, -0.15) is 0 Å². The minimum absolute atomic E-state index is 0.423. The zero-order chi connectivity index (χ0) is 17.6. The molecular formula is C15H33NO5Si. The molecule has 0 spiro atoms. The average molecular weight is 336 g/mol. The number of hydrogen-bond acceptors (Lipinski definition) is 5.